The number of hydrazine groups is 1. The summed E-state index contributed by atoms with van der Waals surface area (Å²) in [7, 11) is 0. The van der Waals surface area contributed by atoms with Crippen molar-refractivity contribution in [2.24, 2.45) is 0 Å². The molecular formula is C18H22F2N6O2. The fourth-order valence-electron chi connectivity index (χ4n) is 2.96. The molecule has 3 rings (SSSR count). The first-order valence-corrected chi connectivity index (χ1v) is 9.05. The van der Waals surface area contributed by atoms with Crippen LogP contribution in [-0.4, -0.2) is 33.7 Å². The molecule has 1 aromatic heterocycles. The van der Waals surface area contributed by atoms with Crippen molar-refractivity contribution < 1.29 is 18.4 Å². The zero-order valence-electron chi connectivity index (χ0n) is 15.4. The second kappa shape index (κ2) is 8.79. The van der Waals surface area contributed by atoms with E-state index in [2.05, 4.69) is 26.3 Å². The maximum absolute atomic E-state index is 13.2. The Balaban J connectivity index is 1.54. The van der Waals surface area contributed by atoms with Gasteiger partial charge in [0.2, 0.25) is 5.91 Å². The van der Waals surface area contributed by atoms with Crippen LogP contribution in [0.5, 0.6) is 0 Å². The number of aromatic nitrogens is 2. The van der Waals surface area contributed by atoms with Gasteiger partial charge in [-0.3, -0.25) is 15.3 Å². The lowest BCUT2D eigenvalue weighted by atomic mass is 10.1. The number of carbonyl (C=O) groups excluding carboxylic acids is 2. The van der Waals surface area contributed by atoms with E-state index >= 15 is 0 Å². The number of anilines is 1. The van der Waals surface area contributed by atoms with Crippen LogP contribution >= 0.6 is 0 Å². The van der Waals surface area contributed by atoms with Gasteiger partial charge in [-0.2, -0.15) is 5.10 Å². The zero-order chi connectivity index (χ0) is 20.1. The molecule has 28 heavy (non-hydrogen) atoms. The fraction of sp³-hybridized carbons (Fsp3) is 0.389. The van der Waals surface area contributed by atoms with Crippen LogP contribution < -0.4 is 16.1 Å². The average molecular weight is 392 g/mol. The first-order chi connectivity index (χ1) is 13.4. The molecule has 150 valence electrons. The summed E-state index contributed by atoms with van der Waals surface area (Å²) in [5.41, 5.74) is 4.51. The summed E-state index contributed by atoms with van der Waals surface area (Å²) in [5, 5.41) is 14.0. The van der Waals surface area contributed by atoms with Crippen LogP contribution in [0.1, 0.15) is 36.6 Å². The molecule has 2 aromatic rings. The van der Waals surface area contributed by atoms with Crippen LogP contribution in [0, 0.1) is 11.6 Å². The number of urea groups is 1. The summed E-state index contributed by atoms with van der Waals surface area (Å²) < 4.78 is 26.5. The molecule has 1 aliphatic rings. The molecule has 1 aromatic carbocycles. The van der Waals surface area contributed by atoms with Crippen LogP contribution in [0.2, 0.25) is 0 Å². The first-order valence-electron chi connectivity index (χ1n) is 9.05. The Bertz CT molecular complexity index is 850. The van der Waals surface area contributed by atoms with Gasteiger partial charge >= 0.3 is 6.03 Å². The van der Waals surface area contributed by atoms with Crippen molar-refractivity contribution in [3.63, 3.8) is 0 Å². The number of amides is 3. The Labute approximate surface area is 160 Å². The van der Waals surface area contributed by atoms with Crippen molar-refractivity contribution in [1.29, 1.82) is 0 Å². The average Bonchev–Trinajstić information content (AvgIpc) is 3.15. The highest BCUT2D eigenvalue weighted by molar-refractivity contribution is 5.92. The van der Waals surface area contributed by atoms with Gasteiger partial charge in [0, 0.05) is 24.7 Å². The van der Waals surface area contributed by atoms with Crippen molar-refractivity contribution in [2.75, 3.05) is 11.9 Å². The fourth-order valence-corrected chi connectivity index (χ4v) is 2.96. The summed E-state index contributed by atoms with van der Waals surface area (Å²) >= 11 is 0. The highest BCUT2D eigenvalue weighted by Crippen LogP contribution is 2.25. The molecule has 0 radical (unpaired) electrons. The smallest absolute Gasteiger partial charge is 0.329 e. The van der Waals surface area contributed by atoms with E-state index in [1.165, 1.54) is 0 Å². The summed E-state index contributed by atoms with van der Waals surface area (Å²) in [6, 6.07) is 2.69. The molecule has 0 unspecified atom stereocenters. The molecule has 3 amide bonds. The number of unbranched alkanes of at least 4 members (excludes halogenated alkanes) is 1. The second-order valence-electron chi connectivity index (χ2n) is 6.61. The van der Waals surface area contributed by atoms with Crippen molar-refractivity contribution in [3.8, 4) is 0 Å². The molecule has 8 nitrogen and oxygen atoms in total. The molecule has 0 bridgehead atoms. The van der Waals surface area contributed by atoms with Crippen molar-refractivity contribution in [1.82, 2.24) is 25.9 Å². The number of aromatic amines is 1. The SMILES string of the molecule is CCCCNC(=O)NN1Cc2[nH]nc(NC(=O)Cc3cc(F)cc(F)c3)c2C1. The van der Waals surface area contributed by atoms with Crippen LogP contribution in [0.4, 0.5) is 19.4 Å². The van der Waals surface area contributed by atoms with Gasteiger partial charge in [0.05, 0.1) is 18.7 Å². The third-order valence-electron chi connectivity index (χ3n) is 4.27. The van der Waals surface area contributed by atoms with E-state index in [0.717, 1.165) is 42.3 Å². The first kappa shape index (κ1) is 19.7. The molecule has 0 fully saturated rings. The number of halogens is 2. The quantitative estimate of drug-likeness (QED) is 0.543. The maximum Gasteiger partial charge on any atom is 0.329 e. The summed E-state index contributed by atoms with van der Waals surface area (Å²) in [6.07, 6.45) is 1.71. The predicted molar refractivity (Wildman–Crippen MR) is 98.0 cm³/mol. The minimum atomic E-state index is -0.734. The molecule has 0 spiro atoms. The van der Waals surface area contributed by atoms with E-state index in [9.17, 15) is 18.4 Å². The van der Waals surface area contributed by atoms with Gasteiger partial charge < -0.3 is 10.6 Å². The summed E-state index contributed by atoms with van der Waals surface area (Å²) in [6.45, 7) is 3.44. The Morgan fingerprint density at radius 3 is 2.68 bits per heavy atom. The van der Waals surface area contributed by atoms with E-state index in [0.29, 0.717) is 25.5 Å². The summed E-state index contributed by atoms with van der Waals surface area (Å²) in [5.74, 6) is -1.57. The Morgan fingerprint density at radius 1 is 1.21 bits per heavy atom. The number of rotatable bonds is 7. The number of benzene rings is 1. The topological polar surface area (TPSA) is 102 Å². The van der Waals surface area contributed by atoms with Crippen molar-refractivity contribution >= 4 is 17.8 Å². The second-order valence-corrected chi connectivity index (χ2v) is 6.61. The third-order valence-corrected chi connectivity index (χ3v) is 4.27. The monoisotopic (exact) mass is 392 g/mol. The molecule has 4 N–H and O–H groups in total. The molecule has 10 heteroatoms. The number of nitrogens with zero attached hydrogens (tertiary/aromatic N) is 2. The number of nitrogens with one attached hydrogen (secondary N) is 4. The zero-order valence-corrected chi connectivity index (χ0v) is 15.4. The highest BCUT2D eigenvalue weighted by Gasteiger charge is 2.26. The van der Waals surface area contributed by atoms with E-state index < -0.39 is 17.5 Å². The molecule has 0 saturated carbocycles. The number of fused-ring (bicyclic) bond motifs is 1. The molecular weight excluding hydrogens is 370 g/mol. The predicted octanol–water partition coefficient (Wildman–Crippen LogP) is 2.20. The minimum Gasteiger partial charge on any atom is -0.337 e. The lowest BCUT2D eigenvalue weighted by molar-refractivity contribution is -0.115. The van der Waals surface area contributed by atoms with Crippen LogP contribution in [0.3, 0.4) is 0 Å². The number of hydrogen-bond acceptors (Lipinski definition) is 4. The highest BCUT2D eigenvalue weighted by atomic mass is 19.1. The van der Waals surface area contributed by atoms with E-state index in [-0.39, 0.29) is 18.0 Å². The summed E-state index contributed by atoms with van der Waals surface area (Å²) in [4.78, 5) is 24.1. The molecule has 0 atom stereocenters. The maximum atomic E-state index is 13.2. The number of H-pyrrole nitrogens is 1. The lowest BCUT2D eigenvalue weighted by Crippen LogP contribution is -2.45. The van der Waals surface area contributed by atoms with Gasteiger partial charge in [-0.05, 0) is 24.1 Å². The van der Waals surface area contributed by atoms with E-state index in [1.54, 1.807) is 5.01 Å². The number of hydrogen-bond donors (Lipinski definition) is 4. The van der Waals surface area contributed by atoms with Gasteiger partial charge in [-0.1, -0.05) is 13.3 Å². The largest absolute Gasteiger partial charge is 0.337 e. The van der Waals surface area contributed by atoms with Gasteiger partial charge in [0.1, 0.15) is 11.6 Å². The van der Waals surface area contributed by atoms with Gasteiger partial charge in [0.15, 0.2) is 5.82 Å². The van der Waals surface area contributed by atoms with Gasteiger partial charge in [-0.25, -0.2) is 18.6 Å². The molecule has 2 heterocycles. The Kier molecular flexibility index (Phi) is 6.19. The minimum absolute atomic E-state index is 0.182. The normalized spacial score (nSPS) is 13.2. The standard InChI is InChI=1S/C18H22F2N6O2/c1-2-3-4-21-18(28)25-26-9-14-15(10-26)23-24-17(14)22-16(27)7-11-5-12(19)8-13(20)6-11/h5-6,8H,2-4,7,9-10H2,1H3,(H2,21,25,28)(H2,22,23,24,27). The molecule has 1 aliphatic heterocycles. The van der Waals surface area contributed by atoms with Gasteiger partial charge in [-0.15, -0.1) is 0 Å². The Morgan fingerprint density at radius 2 is 1.96 bits per heavy atom. The van der Waals surface area contributed by atoms with Crippen LogP contribution in [-0.2, 0) is 24.3 Å². The third kappa shape index (κ3) is 5.03. The van der Waals surface area contributed by atoms with Crippen molar-refractivity contribution in [3.05, 3.63) is 46.7 Å². The van der Waals surface area contributed by atoms with E-state index in [1.807, 2.05) is 6.92 Å². The lowest BCUT2D eigenvalue weighted by Gasteiger charge is -2.17. The van der Waals surface area contributed by atoms with Crippen LogP contribution in [0.15, 0.2) is 18.2 Å². The number of carbonyl (C=O) groups is 2. The van der Waals surface area contributed by atoms with E-state index in [4.69, 9.17) is 0 Å². The van der Waals surface area contributed by atoms with Crippen LogP contribution in [0.25, 0.3) is 0 Å². The molecule has 0 aliphatic carbocycles. The Hall–Kier alpha value is -3.01. The van der Waals surface area contributed by atoms with Gasteiger partial charge in [0.25, 0.3) is 0 Å². The van der Waals surface area contributed by atoms with Crippen molar-refractivity contribution in [2.45, 2.75) is 39.3 Å². The molecule has 0 saturated heterocycles.